The number of nitrogens with one attached hydrogen (secondary N) is 1. The molecule has 0 bridgehead atoms. The molecule has 0 spiro atoms. The molecular weight excluding hydrogens is 254 g/mol. The average molecular weight is 271 g/mol. The molecule has 1 saturated heterocycles. The zero-order chi connectivity index (χ0) is 13.9. The maximum atomic E-state index is 12.0. The van der Waals surface area contributed by atoms with Gasteiger partial charge in [0.05, 0.1) is 23.5 Å². The highest BCUT2D eigenvalue weighted by atomic mass is 16.1. The second-order valence-corrected chi connectivity index (χ2v) is 5.20. The molecule has 1 atom stereocenters. The fourth-order valence-corrected chi connectivity index (χ4v) is 2.77. The highest BCUT2D eigenvalue weighted by Gasteiger charge is 2.22. The van der Waals surface area contributed by atoms with Gasteiger partial charge in [0.15, 0.2) is 0 Å². The zero-order valence-electron chi connectivity index (χ0n) is 11.2. The van der Waals surface area contributed by atoms with Crippen LogP contribution in [0.25, 0.3) is 10.9 Å². The van der Waals surface area contributed by atoms with Crippen LogP contribution in [0.15, 0.2) is 29.1 Å². The fourth-order valence-electron chi connectivity index (χ4n) is 2.77. The summed E-state index contributed by atoms with van der Waals surface area (Å²) in [6.07, 6.45) is 4.06. The SMILES string of the molecule is O=CC1CCCCN1Cc1nc2ccccc2c(=O)[nH]1. The van der Waals surface area contributed by atoms with Gasteiger partial charge in [0, 0.05) is 0 Å². The number of para-hydroxylation sites is 1. The number of H-pyrrole nitrogens is 1. The van der Waals surface area contributed by atoms with E-state index in [4.69, 9.17) is 0 Å². The topological polar surface area (TPSA) is 66.1 Å². The Morgan fingerprint density at radius 3 is 3.05 bits per heavy atom. The van der Waals surface area contributed by atoms with Crippen molar-refractivity contribution >= 4 is 17.2 Å². The number of hydrogen-bond acceptors (Lipinski definition) is 4. The first-order chi connectivity index (χ1) is 9.78. The van der Waals surface area contributed by atoms with Crippen molar-refractivity contribution in [2.24, 2.45) is 0 Å². The summed E-state index contributed by atoms with van der Waals surface area (Å²) in [5.41, 5.74) is 0.580. The number of hydrogen-bond donors (Lipinski definition) is 1. The molecule has 0 radical (unpaired) electrons. The lowest BCUT2D eigenvalue weighted by Crippen LogP contribution is -2.40. The van der Waals surface area contributed by atoms with Gasteiger partial charge >= 0.3 is 0 Å². The largest absolute Gasteiger partial charge is 0.309 e. The van der Waals surface area contributed by atoms with Crippen LogP contribution in [0.5, 0.6) is 0 Å². The lowest BCUT2D eigenvalue weighted by Gasteiger charge is -2.31. The van der Waals surface area contributed by atoms with E-state index >= 15 is 0 Å². The van der Waals surface area contributed by atoms with E-state index in [1.165, 1.54) is 0 Å². The molecule has 0 saturated carbocycles. The predicted molar refractivity (Wildman–Crippen MR) is 76.5 cm³/mol. The molecule has 1 aromatic carbocycles. The first-order valence-electron chi connectivity index (χ1n) is 6.95. The van der Waals surface area contributed by atoms with Crippen molar-refractivity contribution in [1.29, 1.82) is 0 Å². The van der Waals surface area contributed by atoms with Crippen LogP contribution in [0.3, 0.4) is 0 Å². The van der Waals surface area contributed by atoms with Gasteiger partial charge in [-0.05, 0) is 31.5 Å². The lowest BCUT2D eigenvalue weighted by molar-refractivity contribution is -0.113. The summed E-state index contributed by atoms with van der Waals surface area (Å²) >= 11 is 0. The molecule has 1 unspecified atom stereocenters. The van der Waals surface area contributed by atoms with Gasteiger partial charge in [-0.1, -0.05) is 18.6 Å². The monoisotopic (exact) mass is 271 g/mol. The quantitative estimate of drug-likeness (QED) is 0.859. The van der Waals surface area contributed by atoms with Gasteiger partial charge in [0.2, 0.25) is 0 Å². The highest BCUT2D eigenvalue weighted by molar-refractivity contribution is 5.77. The Morgan fingerprint density at radius 2 is 2.20 bits per heavy atom. The number of carbonyl (C=O) groups excluding carboxylic acids is 1. The average Bonchev–Trinajstić information content (AvgIpc) is 2.48. The summed E-state index contributed by atoms with van der Waals surface area (Å²) in [6, 6.07) is 7.24. The van der Waals surface area contributed by atoms with Crippen LogP contribution in [0, 0.1) is 0 Å². The Hall–Kier alpha value is -2.01. The van der Waals surface area contributed by atoms with Crippen LogP contribution in [-0.4, -0.2) is 33.7 Å². The first-order valence-corrected chi connectivity index (χ1v) is 6.95. The van der Waals surface area contributed by atoms with E-state index in [0.717, 1.165) is 32.1 Å². The summed E-state index contributed by atoms with van der Waals surface area (Å²) < 4.78 is 0. The third-order valence-corrected chi connectivity index (χ3v) is 3.84. The van der Waals surface area contributed by atoms with E-state index in [0.29, 0.717) is 23.3 Å². The Kier molecular flexibility index (Phi) is 3.60. The molecule has 104 valence electrons. The number of fused-ring (bicyclic) bond motifs is 1. The normalized spacial score (nSPS) is 20.1. The summed E-state index contributed by atoms with van der Waals surface area (Å²) in [4.78, 5) is 32.5. The first kappa shape index (κ1) is 13.0. The molecule has 0 amide bonds. The summed E-state index contributed by atoms with van der Waals surface area (Å²) in [6.45, 7) is 1.39. The smallest absolute Gasteiger partial charge is 0.258 e. The van der Waals surface area contributed by atoms with Crippen molar-refractivity contribution in [2.45, 2.75) is 31.8 Å². The van der Waals surface area contributed by atoms with E-state index in [-0.39, 0.29) is 11.6 Å². The molecule has 1 aliphatic heterocycles. The molecule has 5 nitrogen and oxygen atoms in total. The number of piperidine rings is 1. The van der Waals surface area contributed by atoms with Crippen LogP contribution >= 0.6 is 0 Å². The minimum atomic E-state index is -0.120. The summed E-state index contributed by atoms with van der Waals surface area (Å²) in [5.74, 6) is 0.627. The third-order valence-electron chi connectivity index (χ3n) is 3.84. The van der Waals surface area contributed by atoms with Gasteiger partial charge in [0.1, 0.15) is 12.1 Å². The van der Waals surface area contributed by atoms with E-state index in [2.05, 4.69) is 14.9 Å². The Bertz CT molecular complexity index is 680. The van der Waals surface area contributed by atoms with Crippen molar-refractivity contribution in [2.75, 3.05) is 6.54 Å². The van der Waals surface area contributed by atoms with Gasteiger partial charge in [-0.2, -0.15) is 0 Å². The van der Waals surface area contributed by atoms with E-state index in [1.807, 2.05) is 18.2 Å². The molecule has 3 rings (SSSR count). The van der Waals surface area contributed by atoms with Crippen LogP contribution in [0.1, 0.15) is 25.1 Å². The molecule has 5 heteroatoms. The number of rotatable bonds is 3. The number of aromatic nitrogens is 2. The second kappa shape index (κ2) is 5.54. The molecule has 1 N–H and O–H groups in total. The van der Waals surface area contributed by atoms with E-state index in [9.17, 15) is 9.59 Å². The minimum absolute atomic E-state index is 0.0551. The molecule has 0 aliphatic carbocycles. The van der Waals surface area contributed by atoms with E-state index in [1.54, 1.807) is 6.07 Å². The van der Waals surface area contributed by atoms with Gasteiger partial charge in [-0.15, -0.1) is 0 Å². The van der Waals surface area contributed by atoms with E-state index < -0.39 is 0 Å². The van der Waals surface area contributed by atoms with Crippen molar-refractivity contribution in [3.05, 3.63) is 40.4 Å². The molecule has 1 fully saturated rings. The molecule has 2 heterocycles. The maximum Gasteiger partial charge on any atom is 0.258 e. The zero-order valence-corrected chi connectivity index (χ0v) is 11.2. The van der Waals surface area contributed by atoms with Gasteiger partial charge in [-0.3, -0.25) is 9.69 Å². The molecule has 20 heavy (non-hydrogen) atoms. The number of benzene rings is 1. The Labute approximate surface area is 116 Å². The summed E-state index contributed by atoms with van der Waals surface area (Å²) in [5, 5.41) is 0.599. The molecule has 1 aromatic heterocycles. The number of nitrogens with zero attached hydrogens (tertiary/aromatic N) is 2. The van der Waals surface area contributed by atoms with Crippen molar-refractivity contribution < 1.29 is 4.79 Å². The van der Waals surface area contributed by atoms with Crippen molar-refractivity contribution in [3.63, 3.8) is 0 Å². The highest BCUT2D eigenvalue weighted by Crippen LogP contribution is 2.17. The number of carbonyl (C=O) groups is 1. The van der Waals surface area contributed by atoms with Crippen molar-refractivity contribution in [3.8, 4) is 0 Å². The number of aldehydes is 1. The van der Waals surface area contributed by atoms with Gasteiger partial charge in [0.25, 0.3) is 5.56 Å². The number of aromatic amines is 1. The third kappa shape index (κ3) is 2.49. The fraction of sp³-hybridized carbons (Fsp3) is 0.400. The standard InChI is InChI=1S/C15H17N3O2/c19-10-11-5-3-4-8-18(11)9-14-16-13-7-2-1-6-12(13)15(20)17-14/h1-2,6-7,10-11H,3-5,8-9H2,(H,16,17,20). The molecular formula is C15H17N3O2. The Balaban J connectivity index is 1.90. The van der Waals surface area contributed by atoms with Crippen LogP contribution in [0.2, 0.25) is 0 Å². The lowest BCUT2D eigenvalue weighted by atomic mass is 10.0. The second-order valence-electron chi connectivity index (χ2n) is 5.20. The maximum absolute atomic E-state index is 12.0. The molecule has 2 aromatic rings. The molecule has 1 aliphatic rings. The van der Waals surface area contributed by atoms with Crippen LogP contribution < -0.4 is 5.56 Å². The minimum Gasteiger partial charge on any atom is -0.309 e. The Morgan fingerprint density at radius 1 is 1.35 bits per heavy atom. The number of likely N-dealkylation sites (tertiary alicyclic amines) is 1. The summed E-state index contributed by atoms with van der Waals surface area (Å²) in [7, 11) is 0. The van der Waals surface area contributed by atoms with Gasteiger partial charge in [-0.25, -0.2) is 4.98 Å². The van der Waals surface area contributed by atoms with Crippen LogP contribution in [0.4, 0.5) is 0 Å². The van der Waals surface area contributed by atoms with Crippen molar-refractivity contribution in [1.82, 2.24) is 14.9 Å². The van der Waals surface area contributed by atoms with Gasteiger partial charge < -0.3 is 9.78 Å². The predicted octanol–water partition coefficient (Wildman–Crippen LogP) is 1.48. The van der Waals surface area contributed by atoms with Crippen LogP contribution in [-0.2, 0) is 11.3 Å².